The van der Waals surface area contributed by atoms with Gasteiger partial charge in [0.15, 0.2) is 0 Å². The Bertz CT molecular complexity index is 353. The van der Waals surface area contributed by atoms with Crippen molar-refractivity contribution in [1.29, 1.82) is 0 Å². The van der Waals surface area contributed by atoms with Gasteiger partial charge in [-0.1, -0.05) is 6.58 Å². The minimum absolute atomic E-state index is 0.00385. The third-order valence-electron chi connectivity index (χ3n) is 2.63. The van der Waals surface area contributed by atoms with Crippen molar-refractivity contribution in [2.45, 2.75) is 19.4 Å². The summed E-state index contributed by atoms with van der Waals surface area (Å²) in [6.45, 7) is 5.93. The lowest BCUT2D eigenvalue weighted by molar-refractivity contribution is -0.137. The van der Waals surface area contributed by atoms with Gasteiger partial charge in [-0.05, 0) is 27.1 Å². The first kappa shape index (κ1) is 17.3. The van der Waals surface area contributed by atoms with Crippen molar-refractivity contribution >= 4 is 17.6 Å². The topological polar surface area (TPSA) is 69.7 Å². The number of rotatable bonds is 8. The van der Waals surface area contributed by atoms with E-state index in [4.69, 9.17) is 0 Å². The smallest absolute Gasteiger partial charge is 0.246 e. The van der Waals surface area contributed by atoms with Gasteiger partial charge in [0.05, 0.1) is 0 Å². The molecule has 0 spiro atoms. The number of hydrogen-bond donors (Lipinski definition) is 1. The van der Waals surface area contributed by atoms with E-state index in [1.165, 1.54) is 18.9 Å². The minimum atomic E-state index is -0.787. The Labute approximate surface area is 114 Å². The van der Waals surface area contributed by atoms with E-state index >= 15 is 0 Å². The molecule has 6 heteroatoms. The molecule has 19 heavy (non-hydrogen) atoms. The second-order valence-corrected chi connectivity index (χ2v) is 4.67. The fourth-order valence-corrected chi connectivity index (χ4v) is 1.50. The van der Waals surface area contributed by atoms with Crippen LogP contribution in [0.25, 0.3) is 0 Å². The van der Waals surface area contributed by atoms with Gasteiger partial charge in [0.2, 0.25) is 11.8 Å². The van der Waals surface area contributed by atoms with Crippen LogP contribution in [0.4, 0.5) is 0 Å². The SMILES string of the molecule is C=CC(=O)N(C)[C@@H](CC(C)=O)C(=O)NCCN(C)C. The van der Waals surface area contributed by atoms with Crippen LogP contribution >= 0.6 is 0 Å². The number of carbonyl (C=O) groups excluding carboxylic acids is 3. The molecular formula is C13H23N3O3. The lowest BCUT2D eigenvalue weighted by atomic mass is 10.1. The van der Waals surface area contributed by atoms with Crippen molar-refractivity contribution < 1.29 is 14.4 Å². The van der Waals surface area contributed by atoms with Crippen LogP contribution in [0.1, 0.15) is 13.3 Å². The standard InChI is InChI=1S/C13H23N3O3/c1-6-12(18)16(5)11(9-10(2)17)13(19)14-7-8-15(3)4/h6,11H,1,7-9H2,2-5H3,(H,14,19)/t11-/m0/s1. The number of ketones is 1. The van der Waals surface area contributed by atoms with Crippen LogP contribution in [-0.2, 0) is 14.4 Å². The normalized spacial score (nSPS) is 11.8. The maximum Gasteiger partial charge on any atom is 0.246 e. The molecule has 6 nitrogen and oxygen atoms in total. The Morgan fingerprint density at radius 1 is 1.26 bits per heavy atom. The fraction of sp³-hybridized carbons (Fsp3) is 0.615. The molecule has 1 atom stereocenters. The molecule has 2 amide bonds. The number of carbonyl (C=O) groups is 3. The number of hydrogen-bond acceptors (Lipinski definition) is 4. The second kappa shape index (κ2) is 8.42. The molecule has 0 aliphatic heterocycles. The molecule has 0 saturated heterocycles. The number of likely N-dealkylation sites (N-methyl/N-ethyl adjacent to an activating group) is 2. The molecule has 0 bridgehead atoms. The zero-order chi connectivity index (χ0) is 15.0. The average Bonchev–Trinajstić information content (AvgIpc) is 2.33. The first-order valence-corrected chi connectivity index (χ1v) is 6.10. The van der Waals surface area contributed by atoms with Crippen molar-refractivity contribution in [2.24, 2.45) is 0 Å². The molecular weight excluding hydrogens is 246 g/mol. The molecule has 0 aromatic carbocycles. The summed E-state index contributed by atoms with van der Waals surface area (Å²) in [4.78, 5) is 37.9. The highest BCUT2D eigenvalue weighted by molar-refractivity contribution is 5.94. The van der Waals surface area contributed by atoms with Crippen LogP contribution in [0, 0.1) is 0 Å². The monoisotopic (exact) mass is 269 g/mol. The number of Topliss-reactive ketones (excluding diaryl/α,β-unsaturated/α-hetero) is 1. The van der Waals surface area contributed by atoms with Crippen molar-refractivity contribution in [2.75, 3.05) is 34.2 Å². The van der Waals surface area contributed by atoms with Gasteiger partial charge in [0.25, 0.3) is 0 Å². The Hall–Kier alpha value is -1.69. The van der Waals surface area contributed by atoms with Crippen LogP contribution in [0.2, 0.25) is 0 Å². The van der Waals surface area contributed by atoms with E-state index in [9.17, 15) is 14.4 Å². The largest absolute Gasteiger partial charge is 0.353 e. The van der Waals surface area contributed by atoms with Crippen molar-refractivity contribution in [3.8, 4) is 0 Å². The summed E-state index contributed by atoms with van der Waals surface area (Å²) in [7, 11) is 5.28. The zero-order valence-electron chi connectivity index (χ0n) is 12.1. The molecule has 108 valence electrons. The lowest BCUT2D eigenvalue weighted by Gasteiger charge is -2.25. The minimum Gasteiger partial charge on any atom is -0.353 e. The van der Waals surface area contributed by atoms with E-state index in [0.717, 1.165) is 6.08 Å². The Kier molecular flexibility index (Phi) is 7.67. The van der Waals surface area contributed by atoms with Crippen molar-refractivity contribution in [3.63, 3.8) is 0 Å². The zero-order valence-corrected chi connectivity index (χ0v) is 12.1. The highest BCUT2D eigenvalue weighted by atomic mass is 16.2. The van der Waals surface area contributed by atoms with E-state index in [1.807, 2.05) is 19.0 Å². The lowest BCUT2D eigenvalue weighted by Crippen LogP contribution is -2.49. The third kappa shape index (κ3) is 6.71. The predicted molar refractivity (Wildman–Crippen MR) is 73.6 cm³/mol. The highest BCUT2D eigenvalue weighted by Crippen LogP contribution is 2.04. The molecule has 0 aromatic heterocycles. The summed E-state index contributed by atoms with van der Waals surface area (Å²) in [6.07, 6.45) is 1.13. The van der Waals surface area contributed by atoms with Gasteiger partial charge >= 0.3 is 0 Å². The van der Waals surface area contributed by atoms with Gasteiger partial charge in [-0.15, -0.1) is 0 Å². The van der Waals surface area contributed by atoms with E-state index in [1.54, 1.807) is 0 Å². The van der Waals surface area contributed by atoms with Gasteiger partial charge in [0, 0.05) is 26.6 Å². The molecule has 0 unspecified atom stereocenters. The van der Waals surface area contributed by atoms with Crippen molar-refractivity contribution in [3.05, 3.63) is 12.7 Å². The highest BCUT2D eigenvalue weighted by Gasteiger charge is 2.26. The Morgan fingerprint density at radius 3 is 2.26 bits per heavy atom. The van der Waals surface area contributed by atoms with Crippen LogP contribution in [0.3, 0.4) is 0 Å². The summed E-state index contributed by atoms with van der Waals surface area (Å²) < 4.78 is 0. The van der Waals surface area contributed by atoms with Gasteiger partial charge in [-0.2, -0.15) is 0 Å². The van der Waals surface area contributed by atoms with Crippen LogP contribution < -0.4 is 5.32 Å². The molecule has 0 aliphatic carbocycles. The average molecular weight is 269 g/mol. The molecule has 0 rings (SSSR count). The van der Waals surface area contributed by atoms with E-state index in [-0.39, 0.29) is 24.0 Å². The maximum atomic E-state index is 12.0. The van der Waals surface area contributed by atoms with Gasteiger partial charge in [0.1, 0.15) is 11.8 Å². The second-order valence-electron chi connectivity index (χ2n) is 4.67. The molecule has 0 saturated carbocycles. The Balaban J connectivity index is 4.64. The predicted octanol–water partition coefficient (Wildman–Crippen LogP) is -0.344. The summed E-state index contributed by atoms with van der Waals surface area (Å²) >= 11 is 0. The van der Waals surface area contributed by atoms with E-state index in [2.05, 4.69) is 11.9 Å². The third-order valence-corrected chi connectivity index (χ3v) is 2.63. The number of amides is 2. The van der Waals surface area contributed by atoms with Gasteiger partial charge in [-0.25, -0.2) is 0 Å². The van der Waals surface area contributed by atoms with Gasteiger partial charge < -0.3 is 15.1 Å². The van der Waals surface area contributed by atoms with Gasteiger partial charge in [-0.3, -0.25) is 14.4 Å². The summed E-state index contributed by atoms with van der Waals surface area (Å²) in [5.74, 6) is -0.847. The summed E-state index contributed by atoms with van der Waals surface area (Å²) in [5.41, 5.74) is 0. The van der Waals surface area contributed by atoms with Crippen LogP contribution in [-0.4, -0.2) is 67.7 Å². The molecule has 0 radical (unpaired) electrons. The molecule has 0 heterocycles. The number of nitrogens with one attached hydrogen (secondary N) is 1. The quantitative estimate of drug-likeness (QED) is 0.612. The first-order chi connectivity index (χ1) is 8.79. The number of nitrogens with zero attached hydrogens (tertiary/aromatic N) is 2. The molecule has 0 fully saturated rings. The summed E-state index contributed by atoms with van der Waals surface area (Å²) in [5, 5.41) is 2.72. The molecule has 1 N–H and O–H groups in total. The maximum absolute atomic E-state index is 12.0. The molecule has 0 aromatic rings. The Morgan fingerprint density at radius 2 is 1.84 bits per heavy atom. The first-order valence-electron chi connectivity index (χ1n) is 6.10. The van der Waals surface area contributed by atoms with E-state index in [0.29, 0.717) is 13.1 Å². The van der Waals surface area contributed by atoms with E-state index < -0.39 is 6.04 Å². The fourth-order valence-electron chi connectivity index (χ4n) is 1.50. The molecule has 0 aliphatic rings. The van der Waals surface area contributed by atoms with Crippen molar-refractivity contribution in [1.82, 2.24) is 15.1 Å². The van der Waals surface area contributed by atoms with Crippen LogP contribution in [0.15, 0.2) is 12.7 Å². The summed E-state index contributed by atoms with van der Waals surface area (Å²) in [6, 6.07) is -0.787. The van der Waals surface area contributed by atoms with Crippen LogP contribution in [0.5, 0.6) is 0 Å².